The molecule has 0 spiro atoms. The molecule has 2 heterocycles. The zero-order valence-corrected chi connectivity index (χ0v) is 12.1. The molecule has 0 saturated carbocycles. The van der Waals surface area contributed by atoms with Gasteiger partial charge in [0.05, 0.1) is 23.9 Å². The Balaban J connectivity index is 1.77. The van der Waals surface area contributed by atoms with E-state index in [0.29, 0.717) is 12.6 Å². The van der Waals surface area contributed by atoms with Gasteiger partial charge in [-0.25, -0.2) is 4.98 Å². The van der Waals surface area contributed by atoms with E-state index in [2.05, 4.69) is 40.8 Å². The van der Waals surface area contributed by atoms with Gasteiger partial charge in [0.15, 0.2) is 0 Å². The van der Waals surface area contributed by atoms with Crippen LogP contribution in [0.2, 0.25) is 0 Å². The molecule has 0 atom stereocenters. The van der Waals surface area contributed by atoms with E-state index < -0.39 is 0 Å². The second-order valence-electron chi connectivity index (χ2n) is 5.50. The van der Waals surface area contributed by atoms with Crippen molar-refractivity contribution in [2.75, 3.05) is 11.9 Å². The fourth-order valence-electron chi connectivity index (χ4n) is 2.66. The first-order valence-corrected chi connectivity index (χ1v) is 7.25. The van der Waals surface area contributed by atoms with Gasteiger partial charge in [0.2, 0.25) is 0 Å². The van der Waals surface area contributed by atoms with Gasteiger partial charge in [0.1, 0.15) is 12.4 Å². The molecule has 2 aromatic rings. The number of nitrogens with one attached hydrogen (secondary N) is 1. The third-order valence-electron chi connectivity index (χ3n) is 3.72. The quantitative estimate of drug-likeness (QED) is 0.926. The molecular formula is C16H21N3O. The minimum atomic E-state index is 0.402. The Hall–Kier alpha value is -1.97. The van der Waals surface area contributed by atoms with Gasteiger partial charge < -0.3 is 14.6 Å². The van der Waals surface area contributed by atoms with Gasteiger partial charge in [-0.15, -0.1) is 0 Å². The van der Waals surface area contributed by atoms with E-state index in [4.69, 9.17) is 4.74 Å². The van der Waals surface area contributed by atoms with Crippen LogP contribution in [0.4, 0.5) is 5.69 Å². The first kappa shape index (κ1) is 13.0. The summed E-state index contributed by atoms with van der Waals surface area (Å²) in [6.45, 7) is 5.88. The molecule has 3 rings (SSSR count). The first-order valence-electron chi connectivity index (χ1n) is 7.25. The Labute approximate surface area is 119 Å². The minimum Gasteiger partial charge on any atom is -0.485 e. The highest BCUT2D eigenvalue weighted by molar-refractivity contribution is 5.63. The molecule has 106 valence electrons. The molecule has 4 heteroatoms. The Morgan fingerprint density at radius 1 is 1.40 bits per heavy atom. The Bertz CT molecular complexity index is 589. The van der Waals surface area contributed by atoms with Crippen LogP contribution < -0.4 is 10.1 Å². The van der Waals surface area contributed by atoms with Crippen molar-refractivity contribution in [1.82, 2.24) is 9.55 Å². The van der Waals surface area contributed by atoms with Crippen molar-refractivity contribution in [1.29, 1.82) is 0 Å². The van der Waals surface area contributed by atoms with Gasteiger partial charge in [0, 0.05) is 12.6 Å². The van der Waals surface area contributed by atoms with E-state index in [1.54, 1.807) is 0 Å². The average molecular weight is 271 g/mol. The summed E-state index contributed by atoms with van der Waals surface area (Å²) < 4.78 is 8.16. The van der Waals surface area contributed by atoms with Crippen LogP contribution in [0.5, 0.6) is 5.75 Å². The van der Waals surface area contributed by atoms with Crippen molar-refractivity contribution in [2.45, 2.75) is 39.3 Å². The van der Waals surface area contributed by atoms with Crippen LogP contribution in [0.1, 0.15) is 37.6 Å². The largest absolute Gasteiger partial charge is 0.485 e. The molecule has 1 aliphatic rings. The standard InChI is InChI=1S/C16H21N3O/c1-12(2)19-11-17-9-14(19)10-20-15-7-3-5-13-6-4-8-18-16(13)15/h3,5,7,9,11-12,18H,4,6,8,10H2,1-2H3. The maximum atomic E-state index is 6.02. The van der Waals surface area contributed by atoms with E-state index >= 15 is 0 Å². The minimum absolute atomic E-state index is 0.402. The summed E-state index contributed by atoms with van der Waals surface area (Å²) in [4.78, 5) is 4.21. The fourth-order valence-corrected chi connectivity index (χ4v) is 2.66. The fraction of sp³-hybridized carbons (Fsp3) is 0.438. The number of imidazole rings is 1. The predicted molar refractivity (Wildman–Crippen MR) is 80.2 cm³/mol. The Kier molecular flexibility index (Phi) is 3.63. The summed E-state index contributed by atoms with van der Waals surface area (Å²) in [7, 11) is 0. The molecule has 0 amide bonds. The number of aryl methyl sites for hydroxylation is 1. The molecule has 0 bridgehead atoms. The molecule has 1 aromatic heterocycles. The van der Waals surface area contributed by atoms with Crippen LogP contribution in [0.3, 0.4) is 0 Å². The molecule has 1 aromatic carbocycles. The number of hydrogen-bond acceptors (Lipinski definition) is 3. The Morgan fingerprint density at radius 3 is 3.15 bits per heavy atom. The molecule has 1 N–H and O–H groups in total. The van der Waals surface area contributed by atoms with Gasteiger partial charge in [0.25, 0.3) is 0 Å². The van der Waals surface area contributed by atoms with Crippen LogP contribution in [-0.4, -0.2) is 16.1 Å². The molecule has 1 aliphatic heterocycles. The van der Waals surface area contributed by atoms with E-state index in [1.165, 1.54) is 12.0 Å². The SMILES string of the molecule is CC(C)n1cncc1COc1cccc2c1NCCC2. The maximum Gasteiger partial charge on any atom is 0.143 e. The second-order valence-corrected chi connectivity index (χ2v) is 5.50. The van der Waals surface area contributed by atoms with Crippen molar-refractivity contribution in [3.05, 3.63) is 42.0 Å². The summed E-state index contributed by atoms with van der Waals surface area (Å²) >= 11 is 0. The highest BCUT2D eigenvalue weighted by Gasteiger charge is 2.14. The summed E-state index contributed by atoms with van der Waals surface area (Å²) in [6.07, 6.45) is 6.06. The molecular weight excluding hydrogens is 250 g/mol. The monoisotopic (exact) mass is 271 g/mol. The van der Waals surface area contributed by atoms with E-state index in [0.717, 1.165) is 30.1 Å². The van der Waals surface area contributed by atoms with Crippen molar-refractivity contribution in [3.63, 3.8) is 0 Å². The third-order valence-corrected chi connectivity index (χ3v) is 3.72. The third kappa shape index (κ3) is 2.50. The predicted octanol–water partition coefficient (Wildman–Crippen LogP) is 3.40. The second kappa shape index (κ2) is 5.57. The molecule has 4 nitrogen and oxygen atoms in total. The lowest BCUT2D eigenvalue weighted by Gasteiger charge is -2.21. The molecule has 0 aliphatic carbocycles. The van der Waals surface area contributed by atoms with Gasteiger partial charge in [-0.2, -0.15) is 0 Å². The van der Waals surface area contributed by atoms with Crippen molar-refractivity contribution in [2.24, 2.45) is 0 Å². The summed E-state index contributed by atoms with van der Waals surface area (Å²) in [5.74, 6) is 0.943. The molecule has 0 saturated heterocycles. The van der Waals surface area contributed by atoms with E-state index in [9.17, 15) is 0 Å². The lowest BCUT2D eigenvalue weighted by Crippen LogP contribution is -2.13. The van der Waals surface area contributed by atoms with Crippen LogP contribution in [-0.2, 0) is 13.0 Å². The molecule has 0 unspecified atom stereocenters. The number of para-hydroxylation sites is 1. The maximum absolute atomic E-state index is 6.02. The van der Waals surface area contributed by atoms with Crippen LogP contribution in [0.25, 0.3) is 0 Å². The number of benzene rings is 1. The number of aromatic nitrogens is 2. The smallest absolute Gasteiger partial charge is 0.143 e. The molecule has 0 fully saturated rings. The number of hydrogen-bond donors (Lipinski definition) is 1. The Morgan fingerprint density at radius 2 is 2.30 bits per heavy atom. The van der Waals surface area contributed by atoms with Crippen molar-refractivity contribution >= 4 is 5.69 Å². The molecule has 20 heavy (non-hydrogen) atoms. The van der Waals surface area contributed by atoms with Gasteiger partial charge >= 0.3 is 0 Å². The average Bonchev–Trinajstić information content (AvgIpc) is 2.93. The highest BCUT2D eigenvalue weighted by Crippen LogP contribution is 2.32. The van der Waals surface area contributed by atoms with Crippen LogP contribution in [0, 0.1) is 0 Å². The summed E-state index contributed by atoms with van der Waals surface area (Å²) in [5.41, 5.74) is 3.62. The normalized spacial score (nSPS) is 13.9. The zero-order chi connectivity index (χ0) is 13.9. The number of rotatable bonds is 4. The molecule has 0 radical (unpaired) electrons. The number of fused-ring (bicyclic) bond motifs is 1. The van der Waals surface area contributed by atoms with Crippen LogP contribution in [0.15, 0.2) is 30.7 Å². The number of anilines is 1. The van der Waals surface area contributed by atoms with E-state index in [-0.39, 0.29) is 0 Å². The number of ether oxygens (including phenoxy) is 1. The summed E-state index contributed by atoms with van der Waals surface area (Å²) in [6, 6.07) is 6.68. The summed E-state index contributed by atoms with van der Waals surface area (Å²) in [5, 5.41) is 3.45. The lowest BCUT2D eigenvalue weighted by molar-refractivity contribution is 0.293. The number of nitrogens with zero attached hydrogens (tertiary/aromatic N) is 2. The van der Waals surface area contributed by atoms with Gasteiger partial charge in [-0.3, -0.25) is 0 Å². The zero-order valence-electron chi connectivity index (χ0n) is 12.1. The van der Waals surface area contributed by atoms with Crippen LogP contribution >= 0.6 is 0 Å². The topological polar surface area (TPSA) is 39.1 Å². The van der Waals surface area contributed by atoms with Gasteiger partial charge in [-0.05, 0) is 38.3 Å². The first-order chi connectivity index (χ1) is 9.75. The van der Waals surface area contributed by atoms with Crippen molar-refractivity contribution < 1.29 is 4.74 Å². The highest BCUT2D eigenvalue weighted by atomic mass is 16.5. The van der Waals surface area contributed by atoms with Gasteiger partial charge in [-0.1, -0.05) is 12.1 Å². The lowest BCUT2D eigenvalue weighted by atomic mass is 10.0. The van der Waals surface area contributed by atoms with E-state index in [1.807, 2.05) is 18.6 Å². The van der Waals surface area contributed by atoms with Crippen molar-refractivity contribution in [3.8, 4) is 5.75 Å².